The Kier molecular flexibility index (Phi) is 9.53. The lowest BCUT2D eigenvalue weighted by atomic mass is 9.92. The van der Waals surface area contributed by atoms with E-state index in [4.69, 9.17) is 14.5 Å². The monoisotopic (exact) mass is 503 g/mol. The first-order valence-corrected chi connectivity index (χ1v) is 14.7. The van der Waals surface area contributed by atoms with Crippen molar-refractivity contribution in [1.82, 2.24) is 4.98 Å². The molecule has 6 nitrogen and oxygen atoms in total. The third kappa shape index (κ3) is 7.80. The third-order valence-corrected chi connectivity index (χ3v) is 11.1. The van der Waals surface area contributed by atoms with E-state index in [0.717, 1.165) is 33.6 Å². The molecule has 8 heteroatoms. The Balaban J connectivity index is 2.54. The molecular formula is C27H38FNO5Si. The quantitative estimate of drug-likeness (QED) is 0.364. The molecule has 35 heavy (non-hydrogen) atoms. The van der Waals surface area contributed by atoms with Gasteiger partial charge in [0.1, 0.15) is 5.82 Å². The van der Waals surface area contributed by atoms with Crippen LogP contribution in [0.1, 0.15) is 56.1 Å². The van der Waals surface area contributed by atoms with E-state index < -0.39 is 32.9 Å². The number of aliphatic hydroxyl groups is 2. The van der Waals surface area contributed by atoms with E-state index in [1.54, 1.807) is 18.2 Å². The number of aliphatic hydroxyl groups excluding tert-OH is 2. The van der Waals surface area contributed by atoms with Gasteiger partial charge in [0.05, 0.1) is 25.2 Å². The van der Waals surface area contributed by atoms with Crippen LogP contribution >= 0.6 is 0 Å². The van der Waals surface area contributed by atoms with Crippen LogP contribution in [-0.2, 0) is 15.8 Å². The van der Waals surface area contributed by atoms with E-state index >= 15 is 0 Å². The molecule has 0 bridgehead atoms. The number of hydrogen-bond donors (Lipinski definition) is 3. The van der Waals surface area contributed by atoms with E-state index in [9.17, 15) is 19.4 Å². The van der Waals surface area contributed by atoms with Gasteiger partial charge in [-0.3, -0.25) is 9.78 Å². The summed E-state index contributed by atoms with van der Waals surface area (Å²) in [5.74, 6) is -1.47. The summed E-state index contributed by atoms with van der Waals surface area (Å²) in [5, 5.41) is 29.1. The van der Waals surface area contributed by atoms with Crippen molar-refractivity contribution in [1.29, 1.82) is 0 Å². The number of aromatic nitrogens is 1. The average molecular weight is 504 g/mol. The van der Waals surface area contributed by atoms with Gasteiger partial charge in [-0.2, -0.15) is 0 Å². The van der Waals surface area contributed by atoms with Crippen molar-refractivity contribution < 1.29 is 28.9 Å². The van der Waals surface area contributed by atoms with Crippen LogP contribution in [0.25, 0.3) is 17.2 Å². The SMILES string of the molecule is Cc1nc(C)c(CO[Si](C)(C)C(C)(C)C)c(-c2ccc(F)cc2)c1/C=C/C(O)CC(O)CC(=O)O. The van der Waals surface area contributed by atoms with Gasteiger partial charge in [0.15, 0.2) is 8.32 Å². The molecule has 2 atom stereocenters. The van der Waals surface area contributed by atoms with E-state index in [0.29, 0.717) is 6.61 Å². The van der Waals surface area contributed by atoms with Crippen molar-refractivity contribution in [3.8, 4) is 11.1 Å². The number of aliphatic carboxylic acids is 1. The molecule has 1 heterocycles. The molecule has 1 aromatic carbocycles. The lowest BCUT2D eigenvalue weighted by Gasteiger charge is -2.36. The summed E-state index contributed by atoms with van der Waals surface area (Å²) >= 11 is 0. The summed E-state index contributed by atoms with van der Waals surface area (Å²) in [6, 6.07) is 6.24. The number of carbonyl (C=O) groups is 1. The number of halogens is 1. The summed E-state index contributed by atoms with van der Waals surface area (Å²) in [7, 11) is -2.06. The number of hydrogen-bond acceptors (Lipinski definition) is 5. The Morgan fingerprint density at radius 1 is 1.14 bits per heavy atom. The van der Waals surface area contributed by atoms with Crippen molar-refractivity contribution in [2.45, 2.75) is 84.4 Å². The van der Waals surface area contributed by atoms with Crippen molar-refractivity contribution in [3.63, 3.8) is 0 Å². The fourth-order valence-corrected chi connectivity index (χ4v) is 4.49. The van der Waals surface area contributed by atoms with E-state index in [1.807, 2.05) is 13.8 Å². The van der Waals surface area contributed by atoms with E-state index in [1.165, 1.54) is 18.2 Å². The van der Waals surface area contributed by atoms with Crippen LogP contribution in [0.3, 0.4) is 0 Å². The van der Waals surface area contributed by atoms with Gasteiger partial charge in [0.25, 0.3) is 0 Å². The maximum Gasteiger partial charge on any atom is 0.305 e. The number of benzene rings is 1. The predicted octanol–water partition coefficient (Wildman–Crippen LogP) is 5.63. The van der Waals surface area contributed by atoms with Crippen LogP contribution in [0.4, 0.5) is 4.39 Å². The molecule has 0 saturated heterocycles. The number of carboxylic acid groups (broad SMARTS) is 1. The molecule has 0 saturated carbocycles. The van der Waals surface area contributed by atoms with Gasteiger partial charge >= 0.3 is 5.97 Å². The smallest absolute Gasteiger partial charge is 0.305 e. The normalized spacial score (nSPS) is 14.3. The van der Waals surface area contributed by atoms with Crippen LogP contribution in [0.2, 0.25) is 18.1 Å². The van der Waals surface area contributed by atoms with Gasteiger partial charge in [-0.25, -0.2) is 4.39 Å². The minimum absolute atomic E-state index is 0.0265. The second-order valence-electron chi connectivity index (χ2n) is 10.5. The maximum absolute atomic E-state index is 13.7. The molecule has 2 aromatic rings. The number of aryl methyl sites for hydroxylation is 2. The fourth-order valence-electron chi connectivity index (χ4n) is 3.55. The molecule has 0 aliphatic carbocycles. The molecule has 0 fully saturated rings. The Morgan fingerprint density at radius 2 is 1.74 bits per heavy atom. The topological polar surface area (TPSA) is 99.9 Å². The second-order valence-corrected chi connectivity index (χ2v) is 15.3. The van der Waals surface area contributed by atoms with Crippen LogP contribution in [0.5, 0.6) is 0 Å². The van der Waals surface area contributed by atoms with Gasteiger partial charge in [0, 0.05) is 28.9 Å². The lowest BCUT2D eigenvalue weighted by molar-refractivity contribution is -0.139. The molecule has 2 unspecified atom stereocenters. The molecule has 0 aliphatic heterocycles. The average Bonchev–Trinajstić information content (AvgIpc) is 2.71. The first-order valence-electron chi connectivity index (χ1n) is 11.8. The zero-order chi connectivity index (χ0) is 26.6. The molecule has 3 N–H and O–H groups in total. The van der Waals surface area contributed by atoms with Gasteiger partial charge in [-0.1, -0.05) is 45.1 Å². The molecule has 192 valence electrons. The Morgan fingerprint density at radius 3 is 2.29 bits per heavy atom. The minimum Gasteiger partial charge on any atom is -0.481 e. The van der Waals surface area contributed by atoms with Crippen LogP contribution in [0.15, 0.2) is 30.3 Å². The molecule has 0 amide bonds. The Labute approximate surface area is 208 Å². The number of nitrogens with zero attached hydrogens (tertiary/aromatic N) is 1. The zero-order valence-corrected chi connectivity index (χ0v) is 22.7. The molecule has 0 aliphatic rings. The maximum atomic E-state index is 13.7. The van der Waals surface area contributed by atoms with Crippen LogP contribution in [0, 0.1) is 19.7 Å². The zero-order valence-electron chi connectivity index (χ0n) is 21.7. The van der Waals surface area contributed by atoms with Gasteiger partial charge in [-0.15, -0.1) is 0 Å². The Bertz CT molecular complexity index is 1060. The molecule has 2 rings (SSSR count). The van der Waals surface area contributed by atoms with Crippen LogP contribution < -0.4 is 0 Å². The predicted molar refractivity (Wildman–Crippen MR) is 139 cm³/mol. The minimum atomic E-state index is -2.06. The highest BCUT2D eigenvalue weighted by Crippen LogP contribution is 2.39. The summed E-state index contributed by atoms with van der Waals surface area (Å²) in [4.78, 5) is 15.5. The number of carboxylic acids is 1. The highest BCUT2D eigenvalue weighted by molar-refractivity contribution is 6.74. The van der Waals surface area contributed by atoms with E-state index in [2.05, 4.69) is 33.9 Å². The summed E-state index contributed by atoms with van der Waals surface area (Å²) < 4.78 is 20.2. The standard InChI is InChI=1S/C27H38FNO5Si/c1-17-23(13-12-21(30)14-22(31)15-25(32)33)26(19-8-10-20(28)11-9-19)24(18(2)29-17)16-34-35(6,7)27(3,4)5/h8-13,21-22,30-31H,14-16H2,1-7H3,(H,32,33)/b13-12+. The van der Waals surface area contributed by atoms with Crippen molar-refractivity contribution in [2.75, 3.05) is 0 Å². The number of pyridine rings is 1. The summed E-state index contributed by atoms with van der Waals surface area (Å²) in [6.45, 7) is 15.0. The molecule has 1 aromatic heterocycles. The fraction of sp³-hybridized carbons (Fsp3) is 0.481. The largest absolute Gasteiger partial charge is 0.481 e. The van der Waals surface area contributed by atoms with E-state index in [-0.39, 0.29) is 17.3 Å². The number of rotatable bonds is 10. The Hall–Kier alpha value is -2.39. The second kappa shape index (κ2) is 11.6. The first kappa shape index (κ1) is 28.8. The van der Waals surface area contributed by atoms with Gasteiger partial charge < -0.3 is 19.7 Å². The van der Waals surface area contributed by atoms with Crippen molar-refractivity contribution in [2.24, 2.45) is 0 Å². The van der Waals surface area contributed by atoms with Gasteiger partial charge in [0.2, 0.25) is 0 Å². The summed E-state index contributed by atoms with van der Waals surface area (Å²) in [6.07, 6.45) is 0.511. The molecule has 0 radical (unpaired) electrons. The van der Waals surface area contributed by atoms with Gasteiger partial charge in [-0.05, 0) is 55.2 Å². The lowest BCUT2D eigenvalue weighted by Crippen LogP contribution is -2.40. The molecule has 0 spiro atoms. The van der Waals surface area contributed by atoms with Crippen LogP contribution in [-0.4, -0.2) is 46.8 Å². The third-order valence-electron chi connectivity index (χ3n) is 6.66. The first-order chi connectivity index (χ1) is 16.1. The highest BCUT2D eigenvalue weighted by atomic mass is 28.4. The van der Waals surface area contributed by atoms with Crippen molar-refractivity contribution in [3.05, 3.63) is 58.7 Å². The molecular weight excluding hydrogens is 465 g/mol. The summed E-state index contributed by atoms with van der Waals surface area (Å²) in [5.41, 5.74) is 4.84. The highest BCUT2D eigenvalue weighted by Gasteiger charge is 2.37. The van der Waals surface area contributed by atoms with Crippen molar-refractivity contribution >= 4 is 20.4 Å².